The predicted octanol–water partition coefficient (Wildman–Crippen LogP) is 1.95. The molecule has 0 saturated carbocycles. The number of nitrogens with zero attached hydrogens (tertiary/aromatic N) is 1. The molecule has 0 spiro atoms. The molecule has 2 N–H and O–H groups in total. The normalized spacial score (nSPS) is 10.0. The Balaban J connectivity index is 2.50. The van der Waals surface area contributed by atoms with Gasteiger partial charge in [-0.15, -0.1) is 0 Å². The molecule has 0 unspecified atom stereocenters. The van der Waals surface area contributed by atoms with Gasteiger partial charge in [-0.05, 0) is 6.07 Å². The number of aliphatic hydroxyl groups excluding tert-OH is 1. The first-order valence-electron chi connectivity index (χ1n) is 4.54. The highest BCUT2D eigenvalue weighted by Crippen LogP contribution is 2.23. The summed E-state index contributed by atoms with van der Waals surface area (Å²) in [6, 6.07) is 1.73. The Labute approximate surface area is 92.1 Å². The van der Waals surface area contributed by atoms with Crippen molar-refractivity contribution in [1.82, 2.24) is 9.97 Å². The topological polar surface area (TPSA) is 48.9 Å². The van der Waals surface area contributed by atoms with E-state index in [0.717, 1.165) is 16.6 Å². The van der Waals surface area contributed by atoms with Crippen LogP contribution in [0.25, 0.3) is 11.0 Å². The molecule has 0 radical (unpaired) electrons. The van der Waals surface area contributed by atoms with Gasteiger partial charge in [0, 0.05) is 18.8 Å². The molecule has 0 aromatic carbocycles. The minimum Gasteiger partial charge on any atom is -0.395 e. The van der Waals surface area contributed by atoms with Crippen LogP contribution in [0, 0.1) is 11.8 Å². The van der Waals surface area contributed by atoms with Crippen LogP contribution < -0.4 is 0 Å². The van der Waals surface area contributed by atoms with Crippen LogP contribution >= 0.6 is 11.6 Å². The van der Waals surface area contributed by atoms with Gasteiger partial charge >= 0.3 is 0 Å². The van der Waals surface area contributed by atoms with E-state index in [2.05, 4.69) is 21.8 Å². The van der Waals surface area contributed by atoms with E-state index in [1.54, 1.807) is 18.5 Å². The van der Waals surface area contributed by atoms with Gasteiger partial charge in [0.1, 0.15) is 5.65 Å². The van der Waals surface area contributed by atoms with Gasteiger partial charge in [0.15, 0.2) is 0 Å². The number of aliphatic hydroxyl groups is 1. The summed E-state index contributed by atoms with van der Waals surface area (Å²) in [5, 5.41) is 10.1. The standard InChI is InChI=1S/C11H9ClN2O/c12-9-4-5-13-11-10(9)8(7-14-11)3-1-2-6-15/h4-5,7,15H,2,6H2,(H,13,14). The summed E-state index contributed by atoms with van der Waals surface area (Å²) in [6.07, 6.45) is 3.88. The lowest BCUT2D eigenvalue weighted by Crippen LogP contribution is -1.78. The molecular weight excluding hydrogens is 212 g/mol. The molecule has 76 valence electrons. The fourth-order valence-corrected chi connectivity index (χ4v) is 1.58. The van der Waals surface area contributed by atoms with E-state index >= 15 is 0 Å². The van der Waals surface area contributed by atoms with Crippen LogP contribution in [0.3, 0.4) is 0 Å². The summed E-state index contributed by atoms with van der Waals surface area (Å²) in [5.41, 5.74) is 1.55. The lowest BCUT2D eigenvalue weighted by Gasteiger charge is -1.92. The summed E-state index contributed by atoms with van der Waals surface area (Å²) in [7, 11) is 0. The maximum atomic E-state index is 8.61. The minimum atomic E-state index is 0.0708. The van der Waals surface area contributed by atoms with Crippen LogP contribution in [0.4, 0.5) is 0 Å². The van der Waals surface area contributed by atoms with Crippen molar-refractivity contribution in [2.75, 3.05) is 6.61 Å². The smallest absolute Gasteiger partial charge is 0.140 e. The highest BCUT2D eigenvalue weighted by molar-refractivity contribution is 6.35. The second-order valence-corrected chi connectivity index (χ2v) is 3.40. The monoisotopic (exact) mass is 220 g/mol. The summed E-state index contributed by atoms with van der Waals surface area (Å²) in [6.45, 7) is 0.0708. The molecule has 0 atom stereocenters. The van der Waals surface area contributed by atoms with Crippen LogP contribution in [0.15, 0.2) is 18.5 Å². The first-order valence-corrected chi connectivity index (χ1v) is 4.92. The molecule has 3 nitrogen and oxygen atoms in total. The van der Waals surface area contributed by atoms with Gasteiger partial charge in [0.05, 0.1) is 22.6 Å². The van der Waals surface area contributed by atoms with E-state index in [4.69, 9.17) is 16.7 Å². The number of hydrogen-bond donors (Lipinski definition) is 2. The van der Waals surface area contributed by atoms with Crippen molar-refractivity contribution in [2.45, 2.75) is 6.42 Å². The Morgan fingerprint density at radius 3 is 3.20 bits per heavy atom. The third kappa shape index (κ3) is 1.96. The molecule has 2 heterocycles. The first-order chi connectivity index (χ1) is 7.33. The Hall–Kier alpha value is -1.50. The number of nitrogens with one attached hydrogen (secondary N) is 1. The molecule has 0 amide bonds. The molecule has 0 aliphatic carbocycles. The molecule has 0 fully saturated rings. The molecule has 0 aliphatic rings. The van der Waals surface area contributed by atoms with Gasteiger partial charge in [0.25, 0.3) is 0 Å². The Bertz CT molecular complexity index is 536. The Morgan fingerprint density at radius 1 is 1.53 bits per heavy atom. The zero-order valence-electron chi connectivity index (χ0n) is 7.92. The second kappa shape index (κ2) is 4.35. The number of fused-ring (bicyclic) bond motifs is 1. The van der Waals surface area contributed by atoms with E-state index in [1.165, 1.54) is 0 Å². The largest absolute Gasteiger partial charge is 0.395 e. The van der Waals surface area contributed by atoms with E-state index in [-0.39, 0.29) is 6.61 Å². The molecule has 0 bridgehead atoms. The summed E-state index contributed by atoms with van der Waals surface area (Å²) in [5.74, 6) is 5.79. The molecule has 15 heavy (non-hydrogen) atoms. The van der Waals surface area contributed by atoms with E-state index in [9.17, 15) is 0 Å². The number of rotatable bonds is 1. The number of aromatic amines is 1. The number of H-pyrrole nitrogens is 1. The van der Waals surface area contributed by atoms with Crippen LogP contribution in [0.5, 0.6) is 0 Å². The predicted molar refractivity (Wildman–Crippen MR) is 59.7 cm³/mol. The van der Waals surface area contributed by atoms with Gasteiger partial charge < -0.3 is 10.1 Å². The third-order valence-corrected chi connectivity index (χ3v) is 2.30. The first kappa shape index (κ1) is 10.0. The number of aromatic nitrogens is 2. The molecule has 0 aliphatic heterocycles. The maximum Gasteiger partial charge on any atom is 0.140 e. The van der Waals surface area contributed by atoms with Crippen LogP contribution in [-0.4, -0.2) is 21.7 Å². The maximum absolute atomic E-state index is 8.61. The zero-order valence-corrected chi connectivity index (χ0v) is 8.67. The van der Waals surface area contributed by atoms with Crippen molar-refractivity contribution in [3.05, 3.63) is 29.0 Å². The van der Waals surface area contributed by atoms with Crippen molar-refractivity contribution in [2.24, 2.45) is 0 Å². The Kier molecular flexibility index (Phi) is 2.91. The van der Waals surface area contributed by atoms with Gasteiger partial charge in [0.2, 0.25) is 0 Å². The van der Waals surface area contributed by atoms with E-state index in [0.29, 0.717) is 11.4 Å². The van der Waals surface area contributed by atoms with E-state index < -0.39 is 0 Å². The van der Waals surface area contributed by atoms with Crippen LogP contribution in [0.2, 0.25) is 5.02 Å². The summed E-state index contributed by atoms with van der Waals surface area (Å²) >= 11 is 6.04. The molecule has 2 rings (SSSR count). The molecular formula is C11H9ClN2O. The molecule has 2 aromatic heterocycles. The van der Waals surface area contributed by atoms with E-state index in [1.807, 2.05) is 0 Å². The average molecular weight is 221 g/mol. The quantitative estimate of drug-likeness (QED) is 0.722. The summed E-state index contributed by atoms with van der Waals surface area (Å²) in [4.78, 5) is 7.13. The van der Waals surface area contributed by atoms with Crippen molar-refractivity contribution in [3.63, 3.8) is 0 Å². The number of halogens is 1. The minimum absolute atomic E-state index is 0.0708. The van der Waals surface area contributed by atoms with Gasteiger partial charge in [-0.2, -0.15) is 0 Å². The van der Waals surface area contributed by atoms with Gasteiger partial charge in [-0.3, -0.25) is 0 Å². The van der Waals surface area contributed by atoms with Crippen molar-refractivity contribution >= 4 is 22.6 Å². The number of pyridine rings is 1. The Morgan fingerprint density at radius 2 is 2.40 bits per heavy atom. The average Bonchev–Trinajstić information content (AvgIpc) is 2.63. The number of hydrogen-bond acceptors (Lipinski definition) is 2. The molecule has 2 aromatic rings. The third-order valence-electron chi connectivity index (χ3n) is 1.98. The molecule has 4 heteroatoms. The van der Waals surface area contributed by atoms with Crippen molar-refractivity contribution in [3.8, 4) is 11.8 Å². The highest BCUT2D eigenvalue weighted by Gasteiger charge is 2.05. The van der Waals surface area contributed by atoms with Crippen LogP contribution in [-0.2, 0) is 0 Å². The SMILES string of the molecule is OCCC#Cc1c[nH]c2nccc(Cl)c12. The van der Waals surface area contributed by atoms with Gasteiger partial charge in [-0.1, -0.05) is 23.4 Å². The second-order valence-electron chi connectivity index (χ2n) is 2.99. The highest BCUT2D eigenvalue weighted by atomic mass is 35.5. The van der Waals surface area contributed by atoms with Crippen molar-refractivity contribution in [1.29, 1.82) is 0 Å². The van der Waals surface area contributed by atoms with Crippen LogP contribution in [0.1, 0.15) is 12.0 Å². The summed E-state index contributed by atoms with van der Waals surface area (Å²) < 4.78 is 0. The zero-order chi connectivity index (χ0) is 10.7. The lowest BCUT2D eigenvalue weighted by atomic mass is 10.2. The lowest BCUT2D eigenvalue weighted by molar-refractivity contribution is 0.305. The fourth-order valence-electron chi connectivity index (χ4n) is 1.33. The molecule has 0 saturated heterocycles. The van der Waals surface area contributed by atoms with Crippen molar-refractivity contribution < 1.29 is 5.11 Å². The fraction of sp³-hybridized carbons (Fsp3) is 0.182. The van der Waals surface area contributed by atoms with Gasteiger partial charge in [-0.25, -0.2) is 4.98 Å².